The summed E-state index contributed by atoms with van der Waals surface area (Å²) in [5.41, 5.74) is 3.48. The van der Waals surface area contributed by atoms with Gasteiger partial charge in [0.1, 0.15) is 11.6 Å². The van der Waals surface area contributed by atoms with Crippen LogP contribution in [0.15, 0.2) is 24.5 Å². The molecule has 10 heteroatoms. The van der Waals surface area contributed by atoms with Gasteiger partial charge in [-0.15, -0.1) is 0 Å². The molecule has 2 N–H and O–H groups in total. The Morgan fingerprint density at radius 2 is 2.06 bits per heavy atom. The Hall–Kier alpha value is -3.40. The quantitative estimate of drug-likeness (QED) is 0.649. The molecule has 0 bridgehead atoms. The number of aromatic nitrogens is 4. The highest BCUT2D eigenvalue weighted by atomic mass is 16.5. The summed E-state index contributed by atoms with van der Waals surface area (Å²) in [6.45, 7) is 8.67. The first-order chi connectivity index (χ1) is 15.4. The zero-order chi connectivity index (χ0) is 22.4. The second-order valence-corrected chi connectivity index (χ2v) is 8.56. The fourth-order valence-electron chi connectivity index (χ4n) is 4.75. The van der Waals surface area contributed by atoms with E-state index in [1.165, 1.54) is 5.69 Å². The molecule has 0 radical (unpaired) electrons. The SMILES string of the molecule is COc1cn2nc(C)nc2cc1NC(=O)N1CCc2c(N3C[C@@H](C)N[C@@H](C)C3)ccnc21. The van der Waals surface area contributed by atoms with Crippen molar-refractivity contribution < 1.29 is 9.53 Å². The maximum Gasteiger partial charge on any atom is 0.327 e. The first kappa shape index (κ1) is 20.5. The number of ether oxygens (including phenoxy) is 1. The topological polar surface area (TPSA) is 99.9 Å². The number of nitrogens with one attached hydrogen (secondary N) is 2. The van der Waals surface area contributed by atoms with E-state index in [1.807, 2.05) is 6.92 Å². The van der Waals surface area contributed by atoms with Crippen molar-refractivity contribution in [2.45, 2.75) is 39.3 Å². The second-order valence-electron chi connectivity index (χ2n) is 8.56. The summed E-state index contributed by atoms with van der Waals surface area (Å²) in [6, 6.07) is 4.41. The maximum absolute atomic E-state index is 13.2. The van der Waals surface area contributed by atoms with Crippen molar-refractivity contribution in [3.63, 3.8) is 0 Å². The number of pyridine rings is 2. The van der Waals surface area contributed by atoms with E-state index >= 15 is 0 Å². The standard InChI is InChI=1S/C22H28N8O2/c1-13-10-28(11-14(2)24-13)18-5-7-23-21-16(18)6-8-29(21)22(31)26-17-9-20-25-15(3)27-30(20)12-19(17)32-4/h5,7,9,12-14,24H,6,8,10-11H2,1-4H3,(H,26,31)/t13-,14+. The number of anilines is 3. The zero-order valence-electron chi connectivity index (χ0n) is 18.8. The Morgan fingerprint density at radius 3 is 2.81 bits per heavy atom. The molecule has 32 heavy (non-hydrogen) atoms. The van der Waals surface area contributed by atoms with Crippen molar-refractivity contribution >= 4 is 28.9 Å². The molecule has 2 aliphatic heterocycles. The van der Waals surface area contributed by atoms with Crippen LogP contribution in [0.5, 0.6) is 5.75 Å². The fraction of sp³-hybridized carbons (Fsp3) is 0.455. The summed E-state index contributed by atoms with van der Waals surface area (Å²) in [5, 5.41) is 10.8. The predicted molar refractivity (Wildman–Crippen MR) is 123 cm³/mol. The summed E-state index contributed by atoms with van der Waals surface area (Å²) in [4.78, 5) is 26.3. The first-order valence-electron chi connectivity index (χ1n) is 10.9. The number of urea groups is 1. The minimum atomic E-state index is -0.241. The average molecular weight is 437 g/mol. The summed E-state index contributed by atoms with van der Waals surface area (Å²) >= 11 is 0. The lowest BCUT2D eigenvalue weighted by atomic mass is 10.1. The van der Waals surface area contributed by atoms with Crippen LogP contribution < -0.4 is 25.2 Å². The number of carbonyl (C=O) groups excluding carboxylic acids is 1. The molecule has 10 nitrogen and oxygen atoms in total. The van der Waals surface area contributed by atoms with Crippen LogP contribution in [0.4, 0.5) is 22.0 Å². The Kier molecular flexibility index (Phi) is 5.09. The first-order valence-corrected chi connectivity index (χ1v) is 10.9. The van der Waals surface area contributed by atoms with E-state index in [-0.39, 0.29) is 6.03 Å². The van der Waals surface area contributed by atoms with Gasteiger partial charge in [0, 0.05) is 55.2 Å². The van der Waals surface area contributed by atoms with Crippen LogP contribution in [-0.4, -0.2) is 64.4 Å². The normalized spacial score (nSPS) is 20.5. The molecule has 5 rings (SSSR count). The summed E-state index contributed by atoms with van der Waals surface area (Å²) in [6.07, 6.45) is 4.28. The minimum absolute atomic E-state index is 0.241. The van der Waals surface area contributed by atoms with E-state index in [1.54, 1.807) is 35.0 Å². The molecule has 0 spiro atoms. The van der Waals surface area contributed by atoms with Gasteiger partial charge >= 0.3 is 6.03 Å². The third kappa shape index (κ3) is 3.60. The van der Waals surface area contributed by atoms with E-state index in [2.05, 4.69) is 50.5 Å². The number of carbonyl (C=O) groups is 1. The average Bonchev–Trinajstić information content (AvgIpc) is 3.34. The van der Waals surface area contributed by atoms with E-state index < -0.39 is 0 Å². The van der Waals surface area contributed by atoms with Crippen molar-refractivity contribution in [3.8, 4) is 5.75 Å². The highest BCUT2D eigenvalue weighted by Gasteiger charge is 2.31. The summed E-state index contributed by atoms with van der Waals surface area (Å²) < 4.78 is 7.10. The molecule has 1 saturated heterocycles. The Bertz CT molecular complexity index is 1170. The molecule has 0 unspecified atom stereocenters. The summed E-state index contributed by atoms with van der Waals surface area (Å²) in [7, 11) is 1.56. The van der Waals surface area contributed by atoms with Crippen molar-refractivity contribution in [1.82, 2.24) is 24.9 Å². The third-order valence-electron chi connectivity index (χ3n) is 6.00. The molecule has 2 amide bonds. The largest absolute Gasteiger partial charge is 0.493 e. The van der Waals surface area contributed by atoms with Gasteiger partial charge in [0.2, 0.25) is 0 Å². The zero-order valence-corrected chi connectivity index (χ0v) is 18.8. The van der Waals surface area contributed by atoms with Gasteiger partial charge in [0.15, 0.2) is 11.4 Å². The van der Waals surface area contributed by atoms with Gasteiger partial charge in [-0.3, -0.25) is 4.90 Å². The van der Waals surface area contributed by atoms with E-state index in [9.17, 15) is 4.79 Å². The molecule has 0 saturated carbocycles. The van der Waals surface area contributed by atoms with Gasteiger partial charge in [0.05, 0.1) is 19.0 Å². The monoisotopic (exact) mass is 436 g/mol. The van der Waals surface area contributed by atoms with Gasteiger partial charge in [-0.1, -0.05) is 0 Å². The molecule has 1 fully saturated rings. The minimum Gasteiger partial charge on any atom is -0.493 e. The summed E-state index contributed by atoms with van der Waals surface area (Å²) in [5.74, 6) is 1.88. The molecule has 5 heterocycles. The molecule has 3 aromatic rings. The molecule has 0 aromatic carbocycles. The van der Waals surface area contributed by atoms with Crippen LogP contribution in [0.1, 0.15) is 25.2 Å². The van der Waals surface area contributed by atoms with Crippen LogP contribution in [0.3, 0.4) is 0 Å². The lowest BCUT2D eigenvalue weighted by Gasteiger charge is -2.38. The van der Waals surface area contributed by atoms with Crippen molar-refractivity contribution in [1.29, 1.82) is 0 Å². The van der Waals surface area contributed by atoms with Crippen LogP contribution in [0.25, 0.3) is 5.65 Å². The van der Waals surface area contributed by atoms with Crippen molar-refractivity contribution in [2.75, 3.05) is 41.9 Å². The van der Waals surface area contributed by atoms with E-state index in [0.717, 1.165) is 30.9 Å². The van der Waals surface area contributed by atoms with Crippen molar-refractivity contribution in [2.24, 2.45) is 0 Å². The van der Waals surface area contributed by atoms with Gasteiger partial charge in [0.25, 0.3) is 0 Å². The van der Waals surface area contributed by atoms with E-state index in [4.69, 9.17) is 4.74 Å². The van der Waals surface area contributed by atoms with Gasteiger partial charge < -0.3 is 20.3 Å². The Balaban J connectivity index is 1.41. The Labute approximate surface area is 186 Å². The van der Waals surface area contributed by atoms with Gasteiger partial charge in [-0.25, -0.2) is 19.3 Å². The number of nitrogens with zero attached hydrogens (tertiary/aromatic N) is 6. The highest BCUT2D eigenvalue weighted by molar-refractivity contribution is 6.04. The highest BCUT2D eigenvalue weighted by Crippen LogP contribution is 2.35. The molecular weight excluding hydrogens is 408 g/mol. The number of rotatable bonds is 3. The van der Waals surface area contributed by atoms with Crippen molar-refractivity contribution in [3.05, 3.63) is 35.9 Å². The molecule has 3 aromatic heterocycles. The fourth-order valence-corrected chi connectivity index (χ4v) is 4.75. The molecule has 2 atom stereocenters. The molecule has 0 aliphatic carbocycles. The van der Waals surface area contributed by atoms with Crippen LogP contribution in [-0.2, 0) is 6.42 Å². The number of methoxy groups -OCH3 is 1. The number of hydrogen-bond donors (Lipinski definition) is 2. The Morgan fingerprint density at radius 1 is 1.28 bits per heavy atom. The number of fused-ring (bicyclic) bond motifs is 2. The molecule has 2 aliphatic rings. The molecular formula is C22H28N8O2. The van der Waals surface area contributed by atoms with Crippen LogP contribution >= 0.6 is 0 Å². The third-order valence-corrected chi connectivity index (χ3v) is 6.00. The predicted octanol–water partition coefficient (Wildman–Crippen LogP) is 2.22. The van der Waals surface area contributed by atoms with E-state index in [0.29, 0.717) is 41.5 Å². The lowest BCUT2D eigenvalue weighted by Crippen LogP contribution is -2.54. The van der Waals surface area contributed by atoms with Gasteiger partial charge in [-0.2, -0.15) is 5.10 Å². The number of hydrogen-bond acceptors (Lipinski definition) is 7. The lowest BCUT2D eigenvalue weighted by molar-refractivity contribution is 0.257. The van der Waals surface area contributed by atoms with Gasteiger partial charge in [-0.05, 0) is 33.3 Å². The smallest absolute Gasteiger partial charge is 0.327 e. The number of piperazine rings is 1. The maximum atomic E-state index is 13.2. The molecule has 168 valence electrons. The second kappa shape index (κ2) is 7.94. The number of amides is 2. The van der Waals surface area contributed by atoms with Crippen LogP contribution in [0.2, 0.25) is 0 Å². The number of aryl methyl sites for hydroxylation is 1. The van der Waals surface area contributed by atoms with Crippen LogP contribution in [0, 0.1) is 6.92 Å².